The Morgan fingerprint density at radius 2 is 1.78 bits per heavy atom. The number of rotatable bonds is 6. The quantitative estimate of drug-likeness (QED) is 0.513. The molecule has 2 aromatic carbocycles. The van der Waals surface area contributed by atoms with E-state index in [1.807, 2.05) is 42.5 Å². The molecule has 0 spiro atoms. The Bertz CT molecular complexity index is 1010. The molecule has 6 heteroatoms. The van der Waals surface area contributed by atoms with Crippen LogP contribution in [0.25, 0.3) is 21.9 Å². The van der Waals surface area contributed by atoms with E-state index < -0.39 is 0 Å². The summed E-state index contributed by atoms with van der Waals surface area (Å²) in [6.07, 6.45) is 2.46. The summed E-state index contributed by atoms with van der Waals surface area (Å²) in [5.41, 5.74) is 2.77. The average molecular weight is 375 g/mol. The number of carbonyl (C=O) groups excluding carboxylic acids is 1. The lowest BCUT2D eigenvalue weighted by Gasteiger charge is -2.05. The summed E-state index contributed by atoms with van der Waals surface area (Å²) in [4.78, 5) is 14.7. The molecule has 5 nitrogen and oxygen atoms in total. The zero-order valence-corrected chi connectivity index (χ0v) is 15.3. The number of carbonyl (C=O) groups is 1. The third-order valence-electron chi connectivity index (χ3n) is 4.09. The van der Waals surface area contributed by atoms with Crippen molar-refractivity contribution in [3.63, 3.8) is 0 Å². The fourth-order valence-corrected chi connectivity index (χ4v) is 3.74. The maximum Gasteiger partial charge on any atom is 0.247 e. The van der Waals surface area contributed by atoms with Crippen molar-refractivity contribution in [3.8, 4) is 21.9 Å². The zero-order chi connectivity index (χ0) is 18.5. The Kier molecular flexibility index (Phi) is 5.07. The van der Waals surface area contributed by atoms with Crippen LogP contribution in [0.2, 0.25) is 0 Å². The molecule has 0 radical (unpaired) electrons. The van der Waals surface area contributed by atoms with Crippen molar-refractivity contribution in [2.24, 2.45) is 0 Å². The number of thiophene rings is 1. The van der Waals surface area contributed by atoms with Gasteiger partial charge < -0.3 is 9.73 Å². The number of hydrogen-bond acceptors (Lipinski definition) is 5. The Hall–Kier alpha value is -3.25. The van der Waals surface area contributed by atoms with Crippen molar-refractivity contribution in [2.45, 2.75) is 12.8 Å². The van der Waals surface area contributed by atoms with Gasteiger partial charge >= 0.3 is 0 Å². The van der Waals surface area contributed by atoms with Gasteiger partial charge in [-0.15, -0.1) is 21.5 Å². The van der Waals surface area contributed by atoms with Crippen molar-refractivity contribution in [1.29, 1.82) is 0 Å². The van der Waals surface area contributed by atoms with E-state index in [1.165, 1.54) is 21.7 Å². The molecule has 0 aliphatic carbocycles. The van der Waals surface area contributed by atoms with Gasteiger partial charge in [0.1, 0.15) is 0 Å². The largest absolute Gasteiger partial charge is 0.423 e. The molecule has 1 N–H and O–H groups in total. The van der Waals surface area contributed by atoms with Gasteiger partial charge in [-0.1, -0.05) is 30.3 Å². The fourth-order valence-electron chi connectivity index (χ4n) is 2.73. The summed E-state index contributed by atoms with van der Waals surface area (Å²) < 4.78 is 5.15. The van der Waals surface area contributed by atoms with Crippen LogP contribution in [-0.2, 0) is 11.2 Å². The third kappa shape index (κ3) is 4.30. The highest BCUT2D eigenvalue weighted by Crippen LogP contribution is 2.28. The summed E-state index contributed by atoms with van der Waals surface area (Å²) in [5.74, 6) is 0.454. The highest BCUT2D eigenvalue weighted by molar-refractivity contribution is 7.15. The molecule has 4 aromatic rings. The maximum atomic E-state index is 12.2. The summed E-state index contributed by atoms with van der Waals surface area (Å²) in [6, 6.07) is 21.8. The van der Waals surface area contributed by atoms with Crippen LogP contribution in [0.4, 0.5) is 5.69 Å². The molecule has 0 aliphatic heterocycles. The molecular weight excluding hydrogens is 358 g/mol. The molecule has 1 amide bonds. The van der Waals surface area contributed by atoms with E-state index in [9.17, 15) is 4.79 Å². The van der Waals surface area contributed by atoms with Gasteiger partial charge in [-0.25, -0.2) is 0 Å². The van der Waals surface area contributed by atoms with E-state index in [2.05, 4.69) is 39.8 Å². The number of hydrogen-bond donors (Lipinski definition) is 1. The van der Waals surface area contributed by atoms with Gasteiger partial charge in [-0.3, -0.25) is 4.79 Å². The van der Waals surface area contributed by atoms with Crippen LogP contribution in [0.3, 0.4) is 0 Å². The van der Waals surface area contributed by atoms with Crippen LogP contribution >= 0.6 is 11.3 Å². The van der Waals surface area contributed by atoms with Gasteiger partial charge in [-0.2, -0.15) is 0 Å². The van der Waals surface area contributed by atoms with Crippen molar-refractivity contribution in [2.75, 3.05) is 5.32 Å². The topological polar surface area (TPSA) is 68.0 Å². The number of nitrogens with zero attached hydrogens (tertiary/aromatic N) is 2. The molecular formula is C21H17N3O2S. The first-order chi connectivity index (χ1) is 13.3. The van der Waals surface area contributed by atoms with Crippen LogP contribution in [0, 0.1) is 0 Å². The molecule has 0 unspecified atom stereocenters. The standard InChI is InChI=1S/C21H17N3O2S/c25-20(23-17-8-6-16(7-9-17)21-24-22-14-26-21)13-11-18-10-12-19(27-18)15-4-2-1-3-5-15/h1-10,12,14H,11,13H2,(H,23,25). The predicted molar refractivity (Wildman–Crippen MR) is 106 cm³/mol. The van der Waals surface area contributed by atoms with Gasteiger partial charge in [0.2, 0.25) is 18.2 Å². The molecule has 0 fully saturated rings. The molecule has 0 bridgehead atoms. The molecule has 4 rings (SSSR count). The number of aromatic nitrogens is 2. The first-order valence-electron chi connectivity index (χ1n) is 8.58. The lowest BCUT2D eigenvalue weighted by Crippen LogP contribution is -2.11. The van der Waals surface area contributed by atoms with Crippen LogP contribution in [0.15, 0.2) is 77.5 Å². The molecule has 0 saturated heterocycles. The predicted octanol–water partition coefficient (Wildman–Crippen LogP) is 5.04. The van der Waals surface area contributed by atoms with Crippen molar-refractivity contribution in [3.05, 3.63) is 78.0 Å². The highest BCUT2D eigenvalue weighted by Gasteiger charge is 2.08. The zero-order valence-electron chi connectivity index (χ0n) is 14.5. The summed E-state index contributed by atoms with van der Waals surface area (Å²) >= 11 is 1.73. The van der Waals surface area contributed by atoms with Crippen molar-refractivity contribution in [1.82, 2.24) is 10.2 Å². The van der Waals surface area contributed by atoms with E-state index in [-0.39, 0.29) is 5.91 Å². The Morgan fingerprint density at radius 1 is 0.963 bits per heavy atom. The summed E-state index contributed by atoms with van der Waals surface area (Å²) in [5, 5.41) is 10.4. The monoisotopic (exact) mass is 375 g/mol. The van der Waals surface area contributed by atoms with E-state index in [4.69, 9.17) is 4.42 Å². The minimum absolute atomic E-state index is 0.00444. The van der Waals surface area contributed by atoms with E-state index in [1.54, 1.807) is 11.3 Å². The lowest BCUT2D eigenvalue weighted by molar-refractivity contribution is -0.116. The lowest BCUT2D eigenvalue weighted by atomic mass is 10.2. The van der Waals surface area contributed by atoms with Gasteiger partial charge in [0.05, 0.1) is 0 Å². The molecule has 2 aromatic heterocycles. The second-order valence-corrected chi connectivity index (χ2v) is 7.17. The maximum absolute atomic E-state index is 12.2. The van der Waals surface area contributed by atoms with E-state index in [0.29, 0.717) is 12.3 Å². The minimum atomic E-state index is -0.00444. The first kappa shape index (κ1) is 17.2. The summed E-state index contributed by atoms with van der Waals surface area (Å²) in [6.45, 7) is 0. The second-order valence-electron chi connectivity index (χ2n) is 6.00. The molecule has 2 heterocycles. The normalized spacial score (nSPS) is 10.7. The molecule has 27 heavy (non-hydrogen) atoms. The van der Waals surface area contributed by atoms with E-state index >= 15 is 0 Å². The third-order valence-corrected chi connectivity index (χ3v) is 5.29. The Labute approximate surface area is 160 Å². The van der Waals surface area contributed by atoms with E-state index in [0.717, 1.165) is 17.7 Å². The Balaban J connectivity index is 1.32. The molecule has 0 atom stereocenters. The van der Waals surface area contributed by atoms with Crippen molar-refractivity contribution >= 4 is 22.9 Å². The summed E-state index contributed by atoms with van der Waals surface area (Å²) in [7, 11) is 0. The first-order valence-corrected chi connectivity index (χ1v) is 9.40. The minimum Gasteiger partial charge on any atom is -0.423 e. The SMILES string of the molecule is O=C(CCc1ccc(-c2ccccc2)s1)Nc1ccc(-c2nnco2)cc1. The fraction of sp³-hybridized carbons (Fsp3) is 0.0952. The second kappa shape index (κ2) is 7.97. The number of nitrogens with one attached hydrogen (secondary N) is 1. The van der Waals surface area contributed by atoms with Crippen LogP contribution in [0.5, 0.6) is 0 Å². The van der Waals surface area contributed by atoms with Gasteiger partial charge in [0, 0.05) is 27.4 Å². The van der Waals surface area contributed by atoms with Crippen molar-refractivity contribution < 1.29 is 9.21 Å². The molecule has 134 valence electrons. The van der Waals surface area contributed by atoms with Gasteiger partial charge in [0.15, 0.2) is 0 Å². The van der Waals surface area contributed by atoms with Gasteiger partial charge in [0.25, 0.3) is 0 Å². The number of benzene rings is 2. The van der Waals surface area contributed by atoms with Crippen LogP contribution in [0.1, 0.15) is 11.3 Å². The smallest absolute Gasteiger partial charge is 0.247 e. The van der Waals surface area contributed by atoms with Crippen LogP contribution < -0.4 is 5.32 Å². The molecule has 0 aliphatic rings. The molecule has 0 saturated carbocycles. The highest BCUT2D eigenvalue weighted by atomic mass is 32.1. The number of aryl methyl sites for hydroxylation is 1. The Morgan fingerprint density at radius 3 is 2.52 bits per heavy atom. The van der Waals surface area contributed by atoms with Crippen LogP contribution in [-0.4, -0.2) is 16.1 Å². The number of anilines is 1. The number of amides is 1. The van der Waals surface area contributed by atoms with Gasteiger partial charge in [-0.05, 0) is 48.4 Å². The average Bonchev–Trinajstić information content (AvgIpc) is 3.40.